The SMILES string of the molecule is CSCCCC1(C)CN(C(=O)Nc2ccc(N(C)S(C)(=O)=O)cc2)N=C1c1ccc(Cl)cc1. The summed E-state index contributed by atoms with van der Waals surface area (Å²) in [5.74, 6) is 1.05. The molecule has 10 heteroatoms. The molecule has 1 atom stereocenters. The number of hydrogen-bond donors (Lipinski definition) is 1. The largest absolute Gasteiger partial charge is 0.342 e. The first-order chi connectivity index (χ1) is 15.5. The average Bonchev–Trinajstić information content (AvgIpc) is 3.11. The molecular weight excluding hydrogens is 480 g/mol. The minimum absolute atomic E-state index is 0.275. The summed E-state index contributed by atoms with van der Waals surface area (Å²) in [7, 11) is -1.87. The molecule has 178 valence electrons. The van der Waals surface area contributed by atoms with Crippen molar-refractivity contribution in [3.8, 4) is 0 Å². The zero-order valence-corrected chi connectivity index (χ0v) is 21.6. The number of carbonyl (C=O) groups is 1. The highest BCUT2D eigenvalue weighted by molar-refractivity contribution is 7.98. The third kappa shape index (κ3) is 6.22. The Morgan fingerprint density at radius 1 is 1.21 bits per heavy atom. The lowest BCUT2D eigenvalue weighted by Crippen LogP contribution is -2.35. The number of nitrogens with zero attached hydrogens (tertiary/aromatic N) is 3. The highest BCUT2D eigenvalue weighted by Gasteiger charge is 2.40. The standard InChI is InChI=1S/C23H29ClN4O3S2/c1-23(14-5-15-32-3)16-28(26-21(23)17-6-8-18(24)9-7-17)22(29)25-19-10-12-20(13-11-19)27(2)33(4,30)31/h6-13H,5,14-16H2,1-4H3,(H,25,29). The first-order valence-corrected chi connectivity index (χ1v) is 14.1. The van der Waals surface area contributed by atoms with E-state index in [0.29, 0.717) is 22.9 Å². The van der Waals surface area contributed by atoms with E-state index in [4.69, 9.17) is 16.7 Å². The van der Waals surface area contributed by atoms with E-state index in [2.05, 4.69) is 18.5 Å². The molecule has 0 aliphatic carbocycles. The second kappa shape index (κ2) is 10.4. The van der Waals surface area contributed by atoms with Crippen LogP contribution in [0.3, 0.4) is 0 Å². The monoisotopic (exact) mass is 508 g/mol. The molecule has 0 bridgehead atoms. The van der Waals surface area contributed by atoms with Crippen LogP contribution in [0.5, 0.6) is 0 Å². The molecule has 33 heavy (non-hydrogen) atoms. The smallest absolute Gasteiger partial charge is 0.306 e. The van der Waals surface area contributed by atoms with Crippen molar-refractivity contribution in [1.29, 1.82) is 0 Å². The van der Waals surface area contributed by atoms with Gasteiger partial charge in [0.05, 0.1) is 24.2 Å². The van der Waals surface area contributed by atoms with Gasteiger partial charge >= 0.3 is 6.03 Å². The Kier molecular flexibility index (Phi) is 7.97. The highest BCUT2D eigenvalue weighted by atomic mass is 35.5. The van der Waals surface area contributed by atoms with Gasteiger partial charge in [-0.1, -0.05) is 30.7 Å². The van der Waals surface area contributed by atoms with E-state index < -0.39 is 10.0 Å². The van der Waals surface area contributed by atoms with Crippen LogP contribution in [0.15, 0.2) is 53.6 Å². The molecule has 1 heterocycles. The Hall–Kier alpha value is -2.23. The number of halogens is 1. The van der Waals surface area contributed by atoms with Gasteiger partial charge in [-0.3, -0.25) is 4.31 Å². The zero-order chi connectivity index (χ0) is 24.2. The Morgan fingerprint density at radius 3 is 2.42 bits per heavy atom. The van der Waals surface area contributed by atoms with E-state index in [1.54, 1.807) is 36.0 Å². The van der Waals surface area contributed by atoms with Gasteiger partial charge in [-0.05, 0) is 66.8 Å². The molecule has 1 aliphatic rings. The van der Waals surface area contributed by atoms with Gasteiger partial charge in [0.1, 0.15) is 0 Å². The molecule has 1 aliphatic heterocycles. The van der Waals surface area contributed by atoms with Crippen molar-refractivity contribution in [2.75, 3.05) is 41.5 Å². The van der Waals surface area contributed by atoms with Crippen molar-refractivity contribution in [1.82, 2.24) is 5.01 Å². The number of anilines is 2. The fourth-order valence-electron chi connectivity index (χ4n) is 3.75. The quantitative estimate of drug-likeness (QED) is 0.501. The molecule has 1 N–H and O–H groups in total. The molecule has 0 spiro atoms. The third-order valence-corrected chi connectivity index (χ3v) is 7.85. The lowest BCUT2D eigenvalue weighted by molar-refractivity contribution is 0.206. The number of amides is 2. The van der Waals surface area contributed by atoms with Gasteiger partial charge in [0.15, 0.2) is 0 Å². The topological polar surface area (TPSA) is 82.1 Å². The first-order valence-electron chi connectivity index (χ1n) is 10.5. The van der Waals surface area contributed by atoms with Crippen LogP contribution >= 0.6 is 23.4 Å². The van der Waals surface area contributed by atoms with Crippen molar-refractivity contribution >= 4 is 56.5 Å². The average molecular weight is 509 g/mol. The van der Waals surface area contributed by atoms with E-state index in [1.807, 2.05) is 24.3 Å². The fraction of sp³-hybridized carbons (Fsp3) is 0.391. The number of benzene rings is 2. The molecule has 2 amide bonds. The molecular formula is C23H29ClN4O3S2. The van der Waals surface area contributed by atoms with Crippen LogP contribution in [0.2, 0.25) is 5.02 Å². The van der Waals surface area contributed by atoms with Gasteiger partial charge in [-0.25, -0.2) is 18.2 Å². The molecule has 7 nitrogen and oxygen atoms in total. The maximum absolute atomic E-state index is 13.0. The van der Waals surface area contributed by atoms with Gasteiger partial charge in [-0.15, -0.1) is 0 Å². The molecule has 0 radical (unpaired) electrons. The van der Waals surface area contributed by atoms with E-state index >= 15 is 0 Å². The molecule has 0 aromatic heterocycles. The Labute approximate surface area is 205 Å². The second-order valence-electron chi connectivity index (χ2n) is 8.38. The van der Waals surface area contributed by atoms with Crippen LogP contribution in [0, 0.1) is 5.41 Å². The first kappa shape index (κ1) is 25.4. The summed E-state index contributed by atoms with van der Waals surface area (Å²) in [6, 6.07) is 13.8. The number of nitrogens with one attached hydrogen (secondary N) is 1. The molecule has 2 aromatic carbocycles. The maximum atomic E-state index is 13.0. The lowest BCUT2D eigenvalue weighted by atomic mass is 9.78. The number of hydrogen-bond acceptors (Lipinski definition) is 5. The Bertz CT molecular complexity index is 1120. The molecule has 0 fully saturated rings. The Balaban J connectivity index is 1.78. The molecule has 0 saturated carbocycles. The van der Waals surface area contributed by atoms with Crippen LogP contribution in [0.4, 0.5) is 16.2 Å². The van der Waals surface area contributed by atoms with Crippen molar-refractivity contribution in [3.05, 3.63) is 59.1 Å². The zero-order valence-electron chi connectivity index (χ0n) is 19.2. The molecule has 3 rings (SSSR count). The van der Waals surface area contributed by atoms with Gasteiger partial charge in [0.2, 0.25) is 10.0 Å². The number of urea groups is 1. The molecule has 1 unspecified atom stereocenters. The van der Waals surface area contributed by atoms with Crippen molar-refractivity contribution < 1.29 is 13.2 Å². The van der Waals surface area contributed by atoms with E-state index in [-0.39, 0.29) is 11.4 Å². The minimum Gasteiger partial charge on any atom is -0.306 e. The van der Waals surface area contributed by atoms with E-state index in [0.717, 1.165) is 36.1 Å². The van der Waals surface area contributed by atoms with Crippen LogP contribution < -0.4 is 9.62 Å². The summed E-state index contributed by atoms with van der Waals surface area (Å²) >= 11 is 7.87. The predicted molar refractivity (Wildman–Crippen MR) is 139 cm³/mol. The lowest BCUT2D eigenvalue weighted by Gasteiger charge is -2.26. The summed E-state index contributed by atoms with van der Waals surface area (Å²) in [6.45, 7) is 2.62. The predicted octanol–water partition coefficient (Wildman–Crippen LogP) is 5.14. The molecule has 2 aromatic rings. The van der Waals surface area contributed by atoms with Crippen molar-refractivity contribution in [2.45, 2.75) is 19.8 Å². The van der Waals surface area contributed by atoms with Crippen LogP contribution in [0.25, 0.3) is 0 Å². The fourth-order valence-corrected chi connectivity index (χ4v) is 4.82. The summed E-state index contributed by atoms with van der Waals surface area (Å²) < 4.78 is 24.6. The van der Waals surface area contributed by atoms with Crippen LogP contribution in [-0.2, 0) is 10.0 Å². The number of carbonyl (C=O) groups excluding carboxylic acids is 1. The summed E-state index contributed by atoms with van der Waals surface area (Å²) in [5, 5.41) is 9.68. The van der Waals surface area contributed by atoms with E-state index in [9.17, 15) is 13.2 Å². The number of sulfonamides is 1. The number of hydrazone groups is 1. The number of thioether (sulfide) groups is 1. The van der Waals surface area contributed by atoms with Crippen molar-refractivity contribution in [2.24, 2.45) is 10.5 Å². The van der Waals surface area contributed by atoms with Crippen LogP contribution in [0.1, 0.15) is 25.3 Å². The van der Waals surface area contributed by atoms with E-state index in [1.165, 1.54) is 16.4 Å². The van der Waals surface area contributed by atoms with Crippen molar-refractivity contribution in [3.63, 3.8) is 0 Å². The van der Waals surface area contributed by atoms with Gasteiger partial charge < -0.3 is 5.32 Å². The maximum Gasteiger partial charge on any atom is 0.342 e. The highest BCUT2D eigenvalue weighted by Crippen LogP contribution is 2.36. The minimum atomic E-state index is -3.35. The van der Waals surface area contributed by atoms with Crippen LogP contribution in [-0.4, -0.2) is 57.0 Å². The summed E-state index contributed by atoms with van der Waals surface area (Å²) in [6.07, 6.45) is 5.16. The summed E-state index contributed by atoms with van der Waals surface area (Å²) in [4.78, 5) is 13.0. The normalized spacial score (nSPS) is 18.2. The van der Waals surface area contributed by atoms with Gasteiger partial charge in [0.25, 0.3) is 0 Å². The van der Waals surface area contributed by atoms with Gasteiger partial charge in [0, 0.05) is 23.2 Å². The summed E-state index contributed by atoms with van der Waals surface area (Å²) in [5.41, 5.74) is 2.63. The second-order valence-corrected chi connectivity index (χ2v) is 11.8. The third-order valence-electron chi connectivity index (χ3n) is 5.70. The van der Waals surface area contributed by atoms with Gasteiger partial charge in [-0.2, -0.15) is 16.9 Å². The molecule has 0 saturated heterocycles. The Morgan fingerprint density at radius 2 is 1.85 bits per heavy atom. The number of rotatable bonds is 8.